The number of likely N-dealkylation sites (N-methyl/N-ethyl adjacent to an activating group) is 1. The largest absolute Gasteiger partial charge is 0.496 e. The summed E-state index contributed by atoms with van der Waals surface area (Å²) in [6.07, 6.45) is 0. The Morgan fingerprint density at radius 1 is 1.24 bits per heavy atom. The molecule has 112 valence electrons. The molecule has 0 N–H and O–H groups in total. The maximum absolute atomic E-state index is 12.3. The highest BCUT2D eigenvalue weighted by atomic mass is 16.5. The van der Waals surface area contributed by atoms with Gasteiger partial charge in [0.15, 0.2) is 5.78 Å². The van der Waals surface area contributed by atoms with Gasteiger partial charge >= 0.3 is 11.8 Å². The average Bonchev–Trinajstić information content (AvgIpc) is 2.47. The van der Waals surface area contributed by atoms with Crippen molar-refractivity contribution in [3.8, 4) is 5.75 Å². The van der Waals surface area contributed by atoms with Crippen LogP contribution in [0, 0.1) is 6.92 Å². The van der Waals surface area contributed by atoms with Crippen molar-refractivity contribution in [3.63, 3.8) is 0 Å². The first-order valence-electron chi connectivity index (χ1n) is 6.66. The lowest BCUT2D eigenvalue weighted by Gasteiger charge is -2.31. The van der Waals surface area contributed by atoms with Crippen LogP contribution < -0.4 is 4.74 Å². The molecule has 0 saturated carbocycles. The molecule has 0 radical (unpaired) electrons. The van der Waals surface area contributed by atoms with Crippen LogP contribution in [0.5, 0.6) is 5.75 Å². The Bertz CT molecular complexity index is 597. The first-order valence-corrected chi connectivity index (χ1v) is 6.66. The molecule has 21 heavy (non-hydrogen) atoms. The van der Waals surface area contributed by atoms with Gasteiger partial charge in [0, 0.05) is 20.1 Å². The van der Waals surface area contributed by atoms with Crippen LogP contribution in [0.2, 0.25) is 0 Å². The molecule has 2 amide bonds. The smallest absolute Gasteiger partial charge is 0.312 e. The van der Waals surface area contributed by atoms with Crippen molar-refractivity contribution in [3.05, 3.63) is 29.3 Å². The molecule has 2 rings (SSSR count). The first-order chi connectivity index (χ1) is 9.93. The van der Waals surface area contributed by atoms with Gasteiger partial charge in [0.1, 0.15) is 5.75 Å². The van der Waals surface area contributed by atoms with E-state index in [0.717, 1.165) is 5.56 Å². The Kier molecular flexibility index (Phi) is 4.26. The number of hydrogen-bond donors (Lipinski definition) is 0. The molecule has 0 aliphatic carbocycles. The average molecular weight is 290 g/mol. The number of Topliss-reactive ketones (excluding diaryl/α,β-unsaturated/α-hetero) is 1. The van der Waals surface area contributed by atoms with Gasteiger partial charge in [-0.1, -0.05) is 6.07 Å². The fourth-order valence-electron chi connectivity index (χ4n) is 2.21. The maximum Gasteiger partial charge on any atom is 0.312 e. The van der Waals surface area contributed by atoms with Crippen LogP contribution in [0.4, 0.5) is 0 Å². The molecule has 1 saturated heterocycles. The van der Waals surface area contributed by atoms with E-state index in [1.165, 1.54) is 16.9 Å². The Morgan fingerprint density at radius 3 is 2.62 bits per heavy atom. The molecule has 0 aromatic heterocycles. The van der Waals surface area contributed by atoms with Crippen LogP contribution >= 0.6 is 0 Å². The number of ether oxygens (including phenoxy) is 1. The zero-order valence-electron chi connectivity index (χ0n) is 12.4. The number of hydrogen-bond acceptors (Lipinski definition) is 4. The summed E-state index contributed by atoms with van der Waals surface area (Å²) in [6.45, 7) is 2.58. The van der Waals surface area contributed by atoms with E-state index >= 15 is 0 Å². The fourth-order valence-corrected chi connectivity index (χ4v) is 2.21. The summed E-state index contributed by atoms with van der Waals surface area (Å²) in [5.41, 5.74) is 1.40. The summed E-state index contributed by atoms with van der Waals surface area (Å²) in [5, 5.41) is 0. The van der Waals surface area contributed by atoms with Gasteiger partial charge in [-0.25, -0.2) is 0 Å². The second-order valence-corrected chi connectivity index (χ2v) is 5.08. The SMILES string of the molecule is COc1cc(C)ccc1C(=O)CN1CCN(C)C(=O)C1=O. The number of ketones is 1. The molecular formula is C15H18N2O4. The third kappa shape index (κ3) is 3.04. The van der Waals surface area contributed by atoms with E-state index in [-0.39, 0.29) is 12.3 Å². The lowest BCUT2D eigenvalue weighted by molar-refractivity contribution is -0.154. The van der Waals surface area contributed by atoms with Crippen LogP contribution in [-0.2, 0) is 9.59 Å². The molecule has 0 spiro atoms. The van der Waals surface area contributed by atoms with E-state index in [4.69, 9.17) is 4.74 Å². The quantitative estimate of drug-likeness (QED) is 0.598. The van der Waals surface area contributed by atoms with Crippen LogP contribution in [0.1, 0.15) is 15.9 Å². The van der Waals surface area contributed by atoms with Gasteiger partial charge in [-0.15, -0.1) is 0 Å². The van der Waals surface area contributed by atoms with Gasteiger partial charge in [0.05, 0.1) is 19.2 Å². The lowest BCUT2D eigenvalue weighted by Crippen LogP contribution is -2.54. The summed E-state index contributed by atoms with van der Waals surface area (Å²) in [6, 6.07) is 5.26. The third-order valence-electron chi connectivity index (χ3n) is 3.51. The number of amides is 2. The van der Waals surface area contributed by atoms with E-state index in [9.17, 15) is 14.4 Å². The third-order valence-corrected chi connectivity index (χ3v) is 3.51. The summed E-state index contributed by atoms with van der Waals surface area (Å²) in [5.74, 6) is -0.974. The van der Waals surface area contributed by atoms with Crippen LogP contribution in [0.25, 0.3) is 0 Å². The molecule has 1 aliphatic rings. The predicted octanol–water partition coefficient (Wildman–Crippen LogP) is 0.487. The number of benzene rings is 1. The molecule has 6 heteroatoms. The minimum absolute atomic E-state index is 0.113. The van der Waals surface area contributed by atoms with Crippen molar-refractivity contribution >= 4 is 17.6 Å². The van der Waals surface area contributed by atoms with E-state index in [1.54, 1.807) is 19.2 Å². The first kappa shape index (κ1) is 15.0. The van der Waals surface area contributed by atoms with Gasteiger partial charge in [-0.3, -0.25) is 14.4 Å². The Hall–Kier alpha value is -2.37. The Balaban J connectivity index is 2.15. The predicted molar refractivity (Wildman–Crippen MR) is 76.3 cm³/mol. The molecular weight excluding hydrogens is 272 g/mol. The van der Waals surface area contributed by atoms with Gasteiger partial charge in [-0.2, -0.15) is 0 Å². The van der Waals surface area contributed by atoms with E-state index in [1.807, 2.05) is 13.0 Å². The molecule has 0 atom stereocenters. The molecule has 1 fully saturated rings. The Labute approximate surface area is 123 Å². The van der Waals surface area contributed by atoms with Gasteiger partial charge in [0.25, 0.3) is 0 Å². The summed E-state index contributed by atoms with van der Waals surface area (Å²) in [4.78, 5) is 38.5. The van der Waals surface area contributed by atoms with Crippen molar-refractivity contribution in [1.29, 1.82) is 0 Å². The fraction of sp³-hybridized carbons (Fsp3) is 0.400. The number of carbonyl (C=O) groups excluding carboxylic acids is 3. The lowest BCUT2D eigenvalue weighted by atomic mass is 10.1. The molecule has 1 aromatic carbocycles. The number of methoxy groups -OCH3 is 1. The minimum Gasteiger partial charge on any atom is -0.496 e. The van der Waals surface area contributed by atoms with Crippen molar-refractivity contribution in [2.45, 2.75) is 6.92 Å². The molecule has 1 heterocycles. The Morgan fingerprint density at radius 2 is 1.95 bits per heavy atom. The summed E-state index contributed by atoms with van der Waals surface area (Å²) in [7, 11) is 3.07. The highest BCUT2D eigenvalue weighted by molar-refractivity contribution is 6.35. The van der Waals surface area contributed by atoms with Gasteiger partial charge in [0.2, 0.25) is 0 Å². The van der Waals surface area contributed by atoms with E-state index in [0.29, 0.717) is 24.4 Å². The number of piperazine rings is 1. The normalized spacial score (nSPS) is 15.4. The van der Waals surface area contributed by atoms with Gasteiger partial charge in [-0.05, 0) is 24.6 Å². The number of aryl methyl sites for hydroxylation is 1. The topological polar surface area (TPSA) is 66.9 Å². The zero-order valence-corrected chi connectivity index (χ0v) is 12.4. The van der Waals surface area contributed by atoms with Crippen molar-refractivity contribution in [1.82, 2.24) is 9.80 Å². The summed E-state index contributed by atoms with van der Waals surface area (Å²) < 4.78 is 5.20. The van der Waals surface area contributed by atoms with E-state index < -0.39 is 11.8 Å². The minimum atomic E-state index is -0.636. The molecule has 0 bridgehead atoms. The highest BCUT2D eigenvalue weighted by Gasteiger charge is 2.31. The molecule has 6 nitrogen and oxygen atoms in total. The zero-order chi connectivity index (χ0) is 15.6. The van der Waals surface area contributed by atoms with Gasteiger partial charge < -0.3 is 14.5 Å². The number of nitrogens with zero attached hydrogens (tertiary/aromatic N) is 2. The van der Waals surface area contributed by atoms with Crippen molar-refractivity contribution in [2.75, 3.05) is 33.8 Å². The highest BCUT2D eigenvalue weighted by Crippen LogP contribution is 2.21. The van der Waals surface area contributed by atoms with Crippen molar-refractivity contribution in [2.24, 2.45) is 0 Å². The monoisotopic (exact) mass is 290 g/mol. The number of rotatable bonds is 4. The van der Waals surface area contributed by atoms with Crippen molar-refractivity contribution < 1.29 is 19.1 Å². The standard InChI is InChI=1S/C15H18N2O4/c1-10-4-5-11(13(8-10)21-3)12(18)9-17-7-6-16(2)14(19)15(17)20/h4-5,8H,6-7,9H2,1-3H3. The maximum atomic E-state index is 12.3. The molecule has 1 aliphatic heterocycles. The summed E-state index contributed by atoms with van der Waals surface area (Å²) >= 11 is 0. The number of carbonyl (C=O) groups is 3. The van der Waals surface area contributed by atoms with E-state index in [2.05, 4.69) is 0 Å². The second kappa shape index (κ2) is 5.95. The second-order valence-electron chi connectivity index (χ2n) is 5.08. The van der Waals surface area contributed by atoms with Crippen LogP contribution in [0.3, 0.4) is 0 Å². The molecule has 0 unspecified atom stereocenters. The van der Waals surface area contributed by atoms with Crippen LogP contribution in [-0.4, -0.2) is 61.2 Å². The molecule has 1 aromatic rings. The van der Waals surface area contributed by atoms with Crippen LogP contribution in [0.15, 0.2) is 18.2 Å².